The highest BCUT2D eigenvalue weighted by atomic mass is 79.9. The first-order valence-electron chi connectivity index (χ1n) is 8.33. The second kappa shape index (κ2) is 8.63. The number of aliphatic imine (C=N–C) groups is 1. The van der Waals surface area contributed by atoms with E-state index in [0.717, 1.165) is 27.2 Å². The molecule has 0 atom stereocenters. The third-order valence-electron chi connectivity index (χ3n) is 3.98. The van der Waals surface area contributed by atoms with Crippen LogP contribution in [0, 0.1) is 0 Å². The first-order valence-corrected chi connectivity index (χ1v) is 9.94. The van der Waals surface area contributed by atoms with Crippen molar-refractivity contribution in [1.29, 1.82) is 0 Å². The largest absolute Gasteiger partial charge is 0.497 e. The number of carbonyl (C=O) groups excluding carboxylic acids is 1. The Morgan fingerprint density at radius 3 is 2.48 bits per heavy atom. The molecule has 0 radical (unpaired) electrons. The molecule has 140 valence electrons. The van der Waals surface area contributed by atoms with Gasteiger partial charge in [-0.25, -0.2) is 4.99 Å². The summed E-state index contributed by atoms with van der Waals surface area (Å²) in [6.07, 6.45) is 1.87. The molecule has 5 nitrogen and oxygen atoms in total. The summed E-state index contributed by atoms with van der Waals surface area (Å²) in [5, 5.41) is 0.673. The molecule has 1 aliphatic rings. The van der Waals surface area contributed by atoms with Crippen LogP contribution in [0.3, 0.4) is 0 Å². The molecule has 27 heavy (non-hydrogen) atoms. The number of hydrogen-bond donors (Lipinski definition) is 0. The molecule has 1 fully saturated rings. The molecule has 0 aliphatic carbocycles. The van der Waals surface area contributed by atoms with Crippen LogP contribution in [0.5, 0.6) is 11.5 Å². The van der Waals surface area contributed by atoms with Gasteiger partial charge in [-0.3, -0.25) is 9.69 Å². The Bertz CT molecular complexity index is 910. The normalized spacial score (nSPS) is 17.0. The van der Waals surface area contributed by atoms with Crippen molar-refractivity contribution in [3.8, 4) is 11.5 Å². The number of carbonyl (C=O) groups is 1. The summed E-state index contributed by atoms with van der Waals surface area (Å²) in [6.45, 7) is 2.50. The lowest BCUT2D eigenvalue weighted by molar-refractivity contribution is -0.122. The molecule has 0 aromatic heterocycles. The smallest absolute Gasteiger partial charge is 0.266 e. The fourth-order valence-electron chi connectivity index (χ4n) is 2.56. The molecule has 2 aromatic rings. The second-order valence-electron chi connectivity index (χ2n) is 5.65. The van der Waals surface area contributed by atoms with Crippen LogP contribution in [0.4, 0.5) is 5.69 Å². The molecular weight excluding hydrogens is 428 g/mol. The van der Waals surface area contributed by atoms with E-state index in [1.165, 1.54) is 11.8 Å². The Balaban J connectivity index is 1.89. The molecule has 0 unspecified atom stereocenters. The van der Waals surface area contributed by atoms with Crippen LogP contribution in [0.15, 0.2) is 56.8 Å². The Morgan fingerprint density at radius 1 is 1.15 bits per heavy atom. The van der Waals surface area contributed by atoms with Gasteiger partial charge in [-0.15, -0.1) is 0 Å². The van der Waals surface area contributed by atoms with Crippen molar-refractivity contribution in [3.63, 3.8) is 0 Å². The molecule has 3 rings (SSSR count). The van der Waals surface area contributed by atoms with Crippen LogP contribution in [0.2, 0.25) is 0 Å². The lowest BCUT2D eigenvalue weighted by Crippen LogP contribution is -2.28. The fraction of sp³-hybridized carbons (Fsp3) is 0.200. The van der Waals surface area contributed by atoms with Crippen molar-refractivity contribution in [2.45, 2.75) is 6.92 Å². The minimum absolute atomic E-state index is 0.0401. The second-order valence-corrected chi connectivity index (χ2v) is 7.51. The van der Waals surface area contributed by atoms with E-state index < -0.39 is 0 Å². The first kappa shape index (κ1) is 19.5. The number of hydrogen-bond acceptors (Lipinski definition) is 5. The van der Waals surface area contributed by atoms with E-state index in [0.29, 0.717) is 16.6 Å². The van der Waals surface area contributed by atoms with Gasteiger partial charge in [0.15, 0.2) is 5.17 Å². The Hall–Kier alpha value is -2.25. The molecule has 2 aromatic carbocycles. The summed E-state index contributed by atoms with van der Waals surface area (Å²) in [4.78, 5) is 19.7. The van der Waals surface area contributed by atoms with E-state index >= 15 is 0 Å². The fourth-order valence-corrected chi connectivity index (χ4v) is 4.18. The third-order valence-corrected chi connectivity index (χ3v) is 5.60. The van der Waals surface area contributed by atoms with Gasteiger partial charge in [0, 0.05) is 6.54 Å². The maximum Gasteiger partial charge on any atom is 0.266 e. The van der Waals surface area contributed by atoms with Gasteiger partial charge in [0.1, 0.15) is 11.5 Å². The molecule has 0 spiro atoms. The number of amidine groups is 1. The monoisotopic (exact) mass is 446 g/mol. The predicted molar refractivity (Wildman–Crippen MR) is 114 cm³/mol. The summed E-state index contributed by atoms with van der Waals surface area (Å²) in [6, 6.07) is 13.1. The number of methoxy groups -OCH3 is 2. The van der Waals surface area contributed by atoms with E-state index in [1.54, 1.807) is 19.1 Å². The van der Waals surface area contributed by atoms with Crippen molar-refractivity contribution in [2.75, 3.05) is 20.8 Å². The van der Waals surface area contributed by atoms with E-state index in [-0.39, 0.29) is 5.91 Å². The van der Waals surface area contributed by atoms with Crippen LogP contribution >= 0.6 is 27.7 Å². The van der Waals surface area contributed by atoms with Gasteiger partial charge >= 0.3 is 0 Å². The highest BCUT2D eigenvalue weighted by Gasteiger charge is 2.32. The summed E-state index contributed by atoms with van der Waals surface area (Å²) in [5.41, 5.74) is 1.69. The van der Waals surface area contributed by atoms with E-state index in [9.17, 15) is 4.79 Å². The Labute approximate surface area is 171 Å². The molecule has 0 saturated carbocycles. The van der Waals surface area contributed by atoms with Gasteiger partial charge in [-0.1, -0.05) is 6.07 Å². The zero-order valence-corrected chi connectivity index (χ0v) is 17.6. The van der Waals surface area contributed by atoms with E-state index in [2.05, 4.69) is 20.9 Å². The zero-order valence-electron chi connectivity index (χ0n) is 15.2. The summed E-state index contributed by atoms with van der Waals surface area (Å²) in [5.74, 6) is 1.48. The minimum Gasteiger partial charge on any atom is -0.497 e. The molecule has 7 heteroatoms. The van der Waals surface area contributed by atoms with Gasteiger partial charge in [0.05, 0.1) is 29.3 Å². The summed E-state index contributed by atoms with van der Waals surface area (Å²) >= 11 is 4.85. The van der Waals surface area contributed by atoms with Gasteiger partial charge in [0.2, 0.25) is 0 Å². The lowest BCUT2D eigenvalue weighted by atomic mass is 10.2. The predicted octanol–water partition coefficient (Wildman–Crippen LogP) is 5.09. The first-order chi connectivity index (χ1) is 13.0. The van der Waals surface area contributed by atoms with Gasteiger partial charge in [-0.05, 0) is 82.7 Å². The molecule has 1 aliphatic heterocycles. The third kappa shape index (κ3) is 4.36. The lowest BCUT2D eigenvalue weighted by Gasteiger charge is -2.12. The molecule has 1 amide bonds. The van der Waals surface area contributed by atoms with Crippen molar-refractivity contribution in [2.24, 2.45) is 4.99 Å². The number of likely N-dealkylation sites (N-methyl/N-ethyl adjacent to an activating group) is 1. The number of rotatable bonds is 5. The van der Waals surface area contributed by atoms with Crippen molar-refractivity contribution < 1.29 is 14.3 Å². The highest BCUT2D eigenvalue weighted by molar-refractivity contribution is 9.10. The SMILES string of the molecule is CCN1C(=O)/C(=C\c2ccc(OC)c(Br)c2)SC1=Nc1ccc(OC)cc1. The topological polar surface area (TPSA) is 51.1 Å². The summed E-state index contributed by atoms with van der Waals surface area (Å²) < 4.78 is 11.3. The number of thioether (sulfide) groups is 1. The Kier molecular flexibility index (Phi) is 6.23. The average molecular weight is 447 g/mol. The quantitative estimate of drug-likeness (QED) is 0.600. The average Bonchev–Trinajstić information content (AvgIpc) is 2.96. The van der Waals surface area contributed by atoms with Crippen molar-refractivity contribution >= 4 is 50.5 Å². The maximum atomic E-state index is 12.7. The van der Waals surface area contributed by atoms with Crippen LogP contribution in [0.1, 0.15) is 12.5 Å². The summed E-state index contributed by atoms with van der Waals surface area (Å²) in [7, 11) is 3.25. The van der Waals surface area contributed by atoms with Gasteiger partial charge < -0.3 is 9.47 Å². The Morgan fingerprint density at radius 2 is 1.89 bits per heavy atom. The van der Waals surface area contributed by atoms with E-state index in [1.807, 2.05) is 55.5 Å². The van der Waals surface area contributed by atoms with Crippen LogP contribution < -0.4 is 9.47 Å². The molecule has 1 saturated heterocycles. The highest BCUT2D eigenvalue weighted by Crippen LogP contribution is 2.35. The van der Waals surface area contributed by atoms with Crippen LogP contribution in [0.25, 0.3) is 6.08 Å². The standard InChI is InChI=1S/C20H19BrN2O3S/c1-4-23-19(24)18(12-13-5-10-17(26-3)16(21)11-13)27-20(23)22-14-6-8-15(25-2)9-7-14/h5-12H,4H2,1-3H3/b18-12+,22-20?. The number of benzene rings is 2. The van der Waals surface area contributed by atoms with Crippen molar-refractivity contribution in [3.05, 3.63) is 57.4 Å². The maximum absolute atomic E-state index is 12.7. The number of halogens is 1. The number of nitrogens with zero attached hydrogens (tertiary/aromatic N) is 2. The van der Waals surface area contributed by atoms with Gasteiger partial charge in [0.25, 0.3) is 5.91 Å². The molecule has 1 heterocycles. The zero-order chi connectivity index (χ0) is 19.4. The molecular formula is C20H19BrN2O3S. The van der Waals surface area contributed by atoms with Crippen LogP contribution in [-0.4, -0.2) is 36.7 Å². The number of ether oxygens (including phenoxy) is 2. The molecule has 0 bridgehead atoms. The van der Waals surface area contributed by atoms with Crippen LogP contribution in [-0.2, 0) is 4.79 Å². The van der Waals surface area contributed by atoms with E-state index in [4.69, 9.17) is 9.47 Å². The number of amides is 1. The minimum atomic E-state index is -0.0401. The van der Waals surface area contributed by atoms with Crippen molar-refractivity contribution in [1.82, 2.24) is 4.90 Å². The molecule has 0 N–H and O–H groups in total. The van der Waals surface area contributed by atoms with Gasteiger partial charge in [-0.2, -0.15) is 0 Å².